The SMILES string of the molecule is C[C@H](NC(=O)C(C)(F)F)[C@H](Oc1ccc2c(cnn2-c2cccc(C(=O)CCc3cccnc3)c2)c1)c1ccc2c(c1)OCCO2. The Morgan fingerprint density at radius 1 is 1.00 bits per heavy atom. The van der Waals surface area contributed by atoms with Crippen LogP contribution in [0.15, 0.2) is 91.4 Å². The van der Waals surface area contributed by atoms with Gasteiger partial charge in [-0.3, -0.25) is 14.6 Å². The average Bonchev–Trinajstić information content (AvgIpc) is 3.49. The number of nitrogens with zero attached hydrogens (tertiary/aromatic N) is 3. The lowest BCUT2D eigenvalue weighted by Crippen LogP contribution is -2.46. The fourth-order valence-electron chi connectivity index (χ4n) is 5.30. The number of rotatable bonds is 11. The van der Waals surface area contributed by atoms with Crippen molar-refractivity contribution in [3.8, 4) is 22.9 Å². The van der Waals surface area contributed by atoms with Crippen LogP contribution in [0.1, 0.15) is 47.9 Å². The van der Waals surface area contributed by atoms with Crippen molar-refractivity contribution in [3.05, 3.63) is 108 Å². The number of aryl methyl sites for hydroxylation is 1. The molecule has 2 aromatic heterocycles. The summed E-state index contributed by atoms with van der Waals surface area (Å²) in [5.74, 6) is -3.42. The van der Waals surface area contributed by atoms with Gasteiger partial charge in [0, 0.05) is 36.7 Å². The van der Waals surface area contributed by atoms with Crippen molar-refractivity contribution in [2.45, 2.75) is 44.8 Å². The van der Waals surface area contributed by atoms with Crippen molar-refractivity contribution in [3.63, 3.8) is 0 Å². The number of ether oxygens (including phenoxy) is 3. The number of carbonyl (C=O) groups is 2. The molecule has 1 N–H and O–H groups in total. The molecule has 0 aliphatic carbocycles. The van der Waals surface area contributed by atoms with Crippen molar-refractivity contribution in [1.82, 2.24) is 20.1 Å². The van der Waals surface area contributed by atoms with Gasteiger partial charge >= 0.3 is 5.92 Å². The summed E-state index contributed by atoms with van der Waals surface area (Å²) >= 11 is 0. The summed E-state index contributed by atoms with van der Waals surface area (Å²) in [6.07, 6.45) is 5.25. The van der Waals surface area contributed by atoms with Gasteiger partial charge in [-0.05, 0) is 73.0 Å². The molecule has 0 fully saturated rings. The molecular weight excluding hydrogens is 594 g/mol. The Bertz CT molecular complexity index is 1870. The molecule has 5 aromatic rings. The third kappa shape index (κ3) is 6.83. The van der Waals surface area contributed by atoms with Crippen molar-refractivity contribution in [2.75, 3.05) is 13.2 Å². The second-order valence-corrected chi connectivity index (χ2v) is 11.2. The zero-order chi connectivity index (χ0) is 32.3. The third-order valence-corrected chi connectivity index (χ3v) is 7.69. The summed E-state index contributed by atoms with van der Waals surface area (Å²) < 4.78 is 47.0. The molecule has 0 saturated heterocycles. The molecule has 0 saturated carbocycles. The van der Waals surface area contributed by atoms with Gasteiger partial charge in [-0.15, -0.1) is 0 Å². The summed E-state index contributed by atoms with van der Waals surface area (Å²) in [7, 11) is 0. The molecule has 0 bridgehead atoms. The molecule has 1 aliphatic heterocycles. The highest BCUT2D eigenvalue weighted by atomic mass is 19.3. The first kappa shape index (κ1) is 30.7. The molecule has 9 nitrogen and oxygen atoms in total. The van der Waals surface area contributed by atoms with Crippen LogP contribution in [0.2, 0.25) is 0 Å². The quantitative estimate of drug-likeness (QED) is 0.172. The molecular formula is C35H32F2N4O5. The molecule has 0 radical (unpaired) electrons. The Labute approximate surface area is 264 Å². The molecule has 0 spiro atoms. The zero-order valence-electron chi connectivity index (χ0n) is 25.3. The largest absolute Gasteiger partial charge is 0.486 e. The van der Waals surface area contributed by atoms with Crippen LogP contribution in [0.4, 0.5) is 8.78 Å². The van der Waals surface area contributed by atoms with E-state index >= 15 is 0 Å². The van der Waals surface area contributed by atoms with Crippen molar-refractivity contribution >= 4 is 22.6 Å². The number of carbonyl (C=O) groups excluding carboxylic acids is 2. The van der Waals surface area contributed by atoms with Crippen LogP contribution in [0.3, 0.4) is 0 Å². The van der Waals surface area contributed by atoms with E-state index in [9.17, 15) is 18.4 Å². The Morgan fingerprint density at radius 2 is 1.83 bits per heavy atom. The summed E-state index contributed by atoms with van der Waals surface area (Å²) in [6.45, 7) is 2.95. The zero-order valence-corrected chi connectivity index (χ0v) is 25.3. The van der Waals surface area contributed by atoms with Gasteiger partial charge in [-0.25, -0.2) is 4.68 Å². The minimum absolute atomic E-state index is 0.0186. The van der Waals surface area contributed by atoms with E-state index in [1.54, 1.807) is 66.6 Å². The minimum atomic E-state index is -3.56. The van der Waals surface area contributed by atoms with E-state index in [-0.39, 0.29) is 5.78 Å². The predicted molar refractivity (Wildman–Crippen MR) is 167 cm³/mol. The first-order valence-electron chi connectivity index (χ1n) is 14.9. The molecule has 1 aliphatic rings. The molecule has 46 heavy (non-hydrogen) atoms. The number of pyridine rings is 1. The number of alkyl halides is 2. The number of Topliss-reactive ketones (excluding diaryl/α,β-unsaturated/α-hetero) is 1. The van der Waals surface area contributed by atoms with Crippen LogP contribution in [-0.2, 0) is 11.2 Å². The lowest BCUT2D eigenvalue weighted by atomic mass is 10.0. The minimum Gasteiger partial charge on any atom is -0.486 e. The highest BCUT2D eigenvalue weighted by Crippen LogP contribution is 2.36. The van der Waals surface area contributed by atoms with Gasteiger partial charge in [0.05, 0.1) is 23.4 Å². The summed E-state index contributed by atoms with van der Waals surface area (Å²) in [6, 6.07) is 20.9. The summed E-state index contributed by atoms with van der Waals surface area (Å²) in [5.41, 5.74) is 3.69. The lowest BCUT2D eigenvalue weighted by molar-refractivity contribution is -0.144. The topological polar surface area (TPSA) is 105 Å². The van der Waals surface area contributed by atoms with Crippen LogP contribution in [0.25, 0.3) is 16.6 Å². The maximum Gasteiger partial charge on any atom is 0.321 e. The van der Waals surface area contributed by atoms with Gasteiger partial charge < -0.3 is 19.5 Å². The van der Waals surface area contributed by atoms with E-state index in [4.69, 9.17) is 14.2 Å². The molecule has 1 amide bonds. The van der Waals surface area contributed by atoms with E-state index < -0.39 is 24.0 Å². The van der Waals surface area contributed by atoms with Crippen LogP contribution in [0.5, 0.6) is 17.2 Å². The fraction of sp³-hybridized carbons (Fsp3) is 0.257. The molecule has 3 aromatic carbocycles. The van der Waals surface area contributed by atoms with Crippen LogP contribution >= 0.6 is 0 Å². The number of hydrogen-bond donors (Lipinski definition) is 1. The number of ketones is 1. The molecule has 236 valence electrons. The first-order chi connectivity index (χ1) is 22.2. The van der Waals surface area contributed by atoms with Crippen molar-refractivity contribution in [1.29, 1.82) is 0 Å². The molecule has 11 heteroatoms. The van der Waals surface area contributed by atoms with Crippen LogP contribution < -0.4 is 19.5 Å². The number of benzene rings is 3. The highest BCUT2D eigenvalue weighted by molar-refractivity contribution is 5.96. The first-order valence-corrected chi connectivity index (χ1v) is 14.9. The third-order valence-electron chi connectivity index (χ3n) is 7.69. The number of fused-ring (bicyclic) bond motifs is 2. The Kier molecular flexibility index (Phi) is 8.65. The van der Waals surface area contributed by atoms with Gasteiger partial charge in [0.25, 0.3) is 5.91 Å². The second kappa shape index (κ2) is 13.0. The van der Waals surface area contributed by atoms with Gasteiger partial charge in [0.15, 0.2) is 17.3 Å². The number of aromatic nitrogens is 3. The Morgan fingerprint density at radius 3 is 2.61 bits per heavy atom. The number of amides is 1. The summed E-state index contributed by atoms with van der Waals surface area (Å²) in [4.78, 5) is 29.3. The molecule has 6 rings (SSSR count). The highest BCUT2D eigenvalue weighted by Gasteiger charge is 2.35. The van der Waals surface area contributed by atoms with Gasteiger partial charge in [0.2, 0.25) is 0 Å². The van der Waals surface area contributed by atoms with Gasteiger partial charge in [-0.2, -0.15) is 13.9 Å². The molecule has 3 heterocycles. The van der Waals surface area contributed by atoms with Crippen LogP contribution in [0, 0.1) is 0 Å². The normalized spacial score (nSPS) is 14.0. The fourth-order valence-corrected chi connectivity index (χ4v) is 5.30. The van der Waals surface area contributed by atoms with Gasteiger partial charge in [-0.1, -0.05) is 24.3 Å². The molecule has 2 atom stereocenters. The second-order valence-electron chi connectivity index (χ2n) is 11.2. The van der Waals surface area contributed by atoms with Gasteiger partial charge in [0.1, 0.15) is 25.1 Å². The smallest absolute Gasteiger partial charge is 0.321 e. The van der Waals surface area contributed by atoms with E-state index in [0.29, 0.717) is 61.4 Å². The average molecular weight is 627 g/mol. The number of hydrogen-bond acceptors (Lipinski definition) is 7. The number of nitrogens with one attached hydrogen (secondary N) is 1. The maximum absolute atomic E-state index is 13.8. The maximum atomic E-state index is 13.8. The van der Waals surface area contributed by atoms with E-state index in [2.05, 4.69) is 15.4 Å². The monoisotopic (exact) mass is 626 g/mol. The van der Waals surface area contributed by atoms with Crippen LogP contribution in [-0.4, -0.2) is 51.6 Å². The summed E-state index contributed by atoms with van der Waals surface area (Å²) in [5, 5.41) is 7.69. The van der Waals surface area contributed by atoms with Crippen molar-refractivity contribution < 1.29 is 32.6 Å². The standard InChI is InChI=1S/C35H32F2N4O5/c1-22(40-34(43)35(2,36)37)33(25-9-13-31-32(19-25)45-16-15-44-31)46-28-10-11-29-26(18-28)21-39-41(29)27-7-3-6-24(17-27)30(42)12-8-23-5-4-14-38-20-23/h3-7,9-11,13-14,17-22,33H,8,12,15-16H2,1-2H3,(H,40,43)/t22-,33-/m0/s1. The van der Waals surface area contributed by atoms with Crippen molar-refractivity contribution in [2.24, 2.45) is 0 Å². The Hall–Kier alpha value is -5.32. The predicted octanol–water partition coefficient (Wildman–Crippen LogP) is 6.29. The number of halogens is 2. The van der Waals surface area contributed by atoms with E-state index in [1.165, 1.54) is 0 Å². The molecule has 0 unspecified atom stereocenters. The Balaban J connectivity index is 1.24. The lowest BCUT2D eigenvalue weighted by Gasteiger charge is -2.28. The van der Waals surface area contributed by atoms with E-state index in [0.717, 1.165) is 22.2 Å². The van der Waals surface area contributed by atoms with E-state index in [1.807, 2.05) is 36.4 Å².